The lowest BCUT2D eigenvalue weighted by Crippen LogP contribution is -1.91. The van der Waals surface area contributed by atoms with Gasteiger partial charge in [0, 0.05) is 23.4 Å². The first-order valence-corrected chi connectivity index (χ1v) is 8.93. The Morgan fingerprint density at radius 1 is 0.920 bits per heavy atom. The second-order valence-corrected chi connectivity index (χ2v) is 6.52. The summed E-state index contributed by atoms with van der Waals surface area (Å²) in [7, 11) is 0. The monoisotopic (exact) mass is 351 g/mol. The van der Waals surface area contributed by atoms with E-state index in [2.05, 4.69) is 41.4 Å². The SMILES string of the molecule is CCc1ccc(-c2ccc(SCc3ccc([N+](=O)[O-])cc3)nn2)cc1. The minimum atomic E-state index is -0.395. The van der Waals surface area contributed by atoms with Gasteiger partial charge in [-0.3, -0.25) is 10.1 Å². The number of non-ortho nitro benzene ring substituents is 1. The van der Waals surface area contributed by atoms with Crippen LogP contribution >= 0.6 is 11.8 Å². The Morgan fingerprint density at radius 2 is 1.60 bits per heavy atom. The first kappa shape index (κ1) is 17.1. The summed E-state index contributed by atoms with van der Waals surface area (Å²) in [6.07, 6.45) is 1.02. The van der Waals surface area contributed by atoms with Gasteiger partial charge in [0.2, 0.25) is 0 Å². The van der Waals surface area contributed by atoms with Crippen molar-refractivity contribution in [3.63, 3.8) is 0 Å². The van der Waals surface area contributed by atoms with Crippen LogP contribution in [-0.4, -0.2) is 15.1 Å². The van der Waals surface area contributed by atoms with Crippen molar-refractivity contribution in [3.05, 3.63) is 81.9 Å². The molecule has 0 fully saturated rings. The van der Waals surface area contributed by atoms with Crippen LogP contribution in [0.2, 0.25) is 0 Å². The van der Waals surface area contributed by atoms with Gasteiger partial charge < -0.3 is 0 Å². The number of nitro groups is 1. The second kappa shape index (κ2) is 7.90. The van der Waals surface area contributed by atoms with Gasteiger partial charge in [-0.2, -0.15) is 0 Å². The molecule has 0 aliphatic carbocycles. The van der Waals surface area contributed by atoms with Crippen molar-refractivity contribution >= 4 is 17.4 Å². The molecule has 0 aliphatic heterocycles. The molecule has 25 heavy (non-hydrogen) atoms. The molecule has 126 valence electrons. The van der Waals surface area contributed by atoms with E-state index >= 15 is 0 Å². The third-order valence-electron chi connectivity index (χ3n) is 3.83. The molecule has 1 aromatic heterocycles. The van der Waals surface area contributed by atoms with E-state index in [-0.39, 0.29) is 5.69 Å². The first-order valence-electron chi connectivity index (χ1n) is 7.95. The fourth-order valence-corrected chi connectivity index (χ4v) is 3.10. The molecule has 0 aliphatic rings. The van der Waals surface area contributed by atoms with Crippen LogP contribution in [0.1, 0.15) is 18.1 Å². The number of aryl methyl sites for hydroxylation is 1. The Hall–Kier alpha value is -2.73. The van der Waals surface area contributed by atoms with Gasteiger partial charge in [-0.05, 0) is 29.7 Å². The van der Waals surface area contributed by atoms with E-state index in [1.165, 1.54) is 17.7 Å². The molecule has 0 unspecified atom stereocenters. The van der Waals surface area contributed by atoms with Crippen molar-refractivity contribution in [2.75, 3.05) is 0 Å². The summed E-state index contributed by atoms with van der Waals surface area (Å²) in [5, 5.41) is 20.0. The normalized spacial score (nSPS) is 10.6. The Kier molecular flexibility index (Phi) is 5.40. The Bertz CT molecular complexity index is 847. The highest BCUT2D eigenvalue weighted by Crippen LogP contribution is 2.24. The Balaban J connectivity index is 1.63. The first-order chi connectivity index (χ1) is 12.2. The second-order valence-electron chi connectivity index (χ2n) is 5.52. The van der Waals surface area contributed by atoms with Crippen LogP contribution in [0.15, 0.2) is 65.7 Å². The molecule has 0 saturated heterocycles. The standard InChI is InChI=1S/C19H17N3O2S/c1-2-14-3-7-16(8-4-14)18-11-12-19(21-20-18)25-13-15-5-9-17(10-6-15)22(23)24/h3-12H,2,13H2,1H3. The molecule has 0 N–H and O–H groups in total. The average molecular weight is 351 g/mol. The van der Waals surface area contributed by atoms with Gasteiger partial charge in [0.1, 0.15) is 5.03 Å². The molecule has 0 bridgehead atoms. The van der Waals surface area contributed by atoms with Crippen LogP contribution in [0, 0.1) is 10.1 Å². The molecule has 0 saturated carbocycles. The number of benzene rings is 2. The number of thioether (sulfide) groups is 1. The predicted octanol–water partition coefficient (Wildman–Crippen LogP) is 4.91. The van der Waals surface area contributed by atoms with E-state index in [1.54, 1.807) is 23.9 Å². The molecule has 3 rings (SSSR count). The van der Waals surface area contributed by atoms with Crippen molar-refractivity contribution in [2.24, 2.45) is 0 Å². The smallest absolute Gasteiger partial charge is 0.258 e. The van der Waals surface area contributed by atoms with Crippen LogP contribution in [0.4, 0.5) is 5.69 Å². The quantitative estimate of drug-likeness (QED) is 0.359. The van der Waals surface area contributed by atoms with E-state index in [4.69, 9.17) is 0 Å². The van der Waals surface area contributed by atoms with Crippen LogP contribution in [0.5, 0.6) is 0 Å². The summed E-state index contributed by atoms with van der Waals surface area (Å²) >= 11 is 1.55. The molecule has 3 aromatic rings. The van der Waals surface area contributed by atoms with Crippen LogP contribution in [0.3, 0.4) is 0 Å². The largest absolute Gasteiger partial charge is 0.269 e. The molecular formula is C19H17N3O2S. The maximum Gasteiger partial charge on any atom is 0.269 e. The van der Waals surface area contributed by atoms with E-state index < -0.39 is 4.92 Å². The molecule has 1 heterocycles. The maximum absolute atomic E-state index is 10.7. The lowest BCUT2D eigenvalue weighted by atomic mass is 10.1. The summed E-state index contributed by atoms with van der Waals surface area (Å²) < 4.78 is 0. The summed E-state index contributed by atoms with van der Waals surface area (Å²) in [6.45, 7) is 2.13. The van der Waals surface area contributed by atoms with Gasteiger partial charge in [-0.1, -0.05) is 55.1 Å². The molecule has 5 nitrogen and oxygen atoms in total. The van der Waals surface area contributed by atoms with Crippen molar-refractivity contribution in [3.8, 4) is 11.3 Å². The maximum atomic E-state index is 10.7. The molecule has 0 spiro atoms. The van der Waals surface area contributed by atoms with Gasteiger partial charge in [0.25, 0.3) is 5.69 Å². The fourth-order valence-electron chi connectivity index (χ4n) is 2.33. The average Bonchev–Trinajstić information content (AvgIpc) is 2.67. The number of nitrogens with zero attached hydrogens (tertiary/aromatic N) is 3. The van der Waals surface area contributed by atoms with Crippen molar-refractivity contribution < 1.29 is 4.92 Å². The van der Waals surface area contributed by atoms with Crippen LogP contribution < -0.4 is 0 Å². The third kappa shape index (κ3) is 4.42. The molecule has 0 amide bonds. The highest BCUT2D eigenvalue weighted by atomic mass is 32.2. The number of rotatable bonds is 6. The lowest BCUT2D eigenvalue weighted by molar-refractivity contribution is -0.384. The zero-order valence-electron chi connectivity index (χ0n) is 13.8. The van der Waals surface area contributed by atoms with Crippen molar-refractivity contribution in [2.45, 2.75) is 24.1 Å². The minimum absolute atomic E-state index is 0.104. The summed E-state index contributed by atoms with van der Waals surface area (Å²) in [6, 6.07) is 18.8. The Morgan fingerprint density at radius 3 is 2.16 bits per heavy atom. The number of hydrogen-bond acceptors (Lipinski definition) is 5. The third-order valence-corrected chi connectivity index (χ3v) is 4.82. The van der Waals surface area contributed by atoms with Crippen molar-refractivity contribution in [1.82, 2.24) is 10.2 Å². The number of nitro benzene ring substituents is 1. The number of aromatic nitrogens is 2. The lowest BCUT2D eigenvalue weighted by Gasteiger charge is -2.04. The Labute approximate surface area is 150 Å². The van der Waals surface area contributed by atoms with Gasteiger partial charge in [-0.25, -0.2) is 0 Å². The van der Waals surface area contributed by atoms with Crippen LogP contribution in [-0.2, 0) is 12.2 Å². The highest BCUT2D eigenvalue weighted by Gasteiger charge is 2.06. The molecule has 6 heteroatoms. The van der Waals surface area contributed by atoms with E-state index in [0.29, 0.717) is 5.75 Å². The topological polar surface area (TPSA) is 68.9 Å². The van der Waals surface area contributed by atoms with E-state index in [0.717, 1.165) is 28.3 Å². The zero-order chi connectivity index (χ0) is 17.6. The van der Waals surface area contributed by atoms with Gasteiger partial charge in [0.05, 0.1) is 10.6 Å². The van der Waals surface area contributed by atoms with Gasteiger partial charge in [-0.15, -0.1) is 10.2 Å². The van der Waals surface area contributed by atoms with E-state index in [9.17, 15) is 10.1 Å². The number of hydrogen-bond donors (Lipinski definition) is 0. The van der Waals surface area contributed by atoms with Gasteiger partial charge >= 0.3 is 0 Å². The highest BCUT2D eigenvalue weighted by molar-refractivity contribution is 7.98. The van der Waals surface area contributed by atoms with Gasteiger partial charge in [0.15, 0.2) is 0 Å². The molecule has 0 radical (unpaired) electrons. The summed E-state index contributed by atoms with van der Waals surface area (Å²) in [5.74, 6) is 0.692. The van der Waals surface area contributed by atoms with Crippen LogP contribution in [0.25, 0.3) is 11.3 Å². The fraction of sp³-hybridized carbons (Fsp3) is 0.158. The summed E-state index contributed by atoms with van der Waals surface area (Å²) in [4.78, 5) is 10.3. The molecular weight excluding hydrogens is 334 g/mol. The predicted molar refractivity (Wildman–Crippen MR) is 99.5 cm³/mol. The molecule has 0 atom stereocenters. The van der Waals surface area contributed by atoms with Crippen molar-refractivity contribution in [1.29, 1.82) is 0 Å². The zero-order valence-corrected chi connectivity index (χ0v) is 14.6. The molecule has 2 aromatic carbocycles. The van der Waals surface area contributed by atoms with E-state index in [1.807, 2.05) is 12.1 Å². The minimum Gasteiger partial charge on any atom is -0.258 e. The summed E-state index contributed by atoms with van der Waals surface area (Å²) in [5.41, 5.74) is 4.31.